The van der Waals surface area contributed by atoms with E-state index in [-0.39, 0.29) is 5.91 Å². The van der Waals surface area contributed by atoms with Crippen LogP contribution in [0.25, 0.3) is 0 Å². The van der Waals surface area contributed by atoms with Crippen LogP contribution in [0.4, 0.5) is 11.4 Å². The van der Waals surface area contributed by atoms with Crippen molar-refractivity contribution in [2.24, 2.45) is 0 Å². The zero-order valence-electron chi connectivity index (χ0n) is 12.5. The third-order valence-corrected chi connectivity index (χ3v) is 3.87. The molecule has 2 rings (SSSR count). The molecule has 0 bridgehead atoms. The molecular formula is C17H18Cl2N2O. The molecule has 0 radical (unpaired) electrons. The fraction of sp³-hybridized carbons (Fsp3) is 0.235. The number of anilines is 2. The number of para-hydroxylation sites is 1. The van der Waals surface area contributed by atoms with Crippen LogP contribution >= 0.6 is 23.2 Å². The minimum atomic E-state index is -0.0894. The first kappa shape index (κ1) is 16.7. The second-order valence-electron chi connectivity index (χ2n) is 5.14. The van der Waals surface area contributed by atoms with Crippen molar-refractivity contribution in [3.05, 3.63) is 57.6 Å². The number of rotatable bonds is 5. The minimum absolute atomic E-state index is 0.0894. The Morgan fingerprint density at radius 1 is 1.09 bits per heavy atom. The zero-order chi connectivity index (χ0) is 16.1. The Morgan fingerprint density at radius 2 is 1.82 bits per heavy atom. The van der Waals surface area contributed by atoms with Gasteiger partial charge in [-0.25, -0.2) is 0 Å². The van der Waals surface area contributed by atoms with Gasteiger partial charge in [0.25, 0.3) is 0 Å². The lowest BCUT2D eigenvalue weighted by Gasteiger charge is -2.12. The lowest BCUT2D eigenvalue weighted by atomic mass is 10.1. The minimum Gasteiger partial charge on any atom is -0.383 e. The molecule has 0 aliphatic rings. The highest BCUT2D eigenvalue weighted by Gasteiger charge is 2.09. The molecule has 0 aromatic heterocycles. The van der Waals surface area contributed by atoms with E-state index in [1.165, 1.54) is 0 Å². The third-order valence-electron chi connectivity index (χ3n) is 3.24. The largest absolute Gasteiger partial charge is 0.383 e. The normalized spacial score (nSPS) is 10.4. The molecule has 1 amide bonds. The van der Waals surface area contributed by atoms with Gasteiger partial charge in [0, 0.05) is 13.0 Å². The highest BCUT2D eigenvalue weighted by atomic mass is 35.5. The maximum absolute atomic E-state index is 12.0. The van der Waals surface area contributed by atoms with Crippen LogP contribution < -0.4 is 10.6 Å². The third kappa shape index (κ3) is 4.39. The molecule has 0 saturated heterocycles. The van der Waals surface area contributed by atoms with Crippen molar-refractivity contribution >= 4 is 40.5 Å². The van der Waals surface area contributed by atoms with Crippen LogP contribution in [0.3, 0.4) is 0 Å². The predicted octanol–water partition coefficient (Wildman–Crippen LogP) is 5.05. The Morgan fingerprint density at radius 3 is 2.50 bits per heavy atom. The van der Waals surface area contributed by atoms with Crippen molar-refractivity contribution in [2.75, 3.05) is 17.2 Å². The summed E-state index contributed by atoms with van der Waals surface area (Å²) in [5.74, 6) is -0.0894. The summed E-state index contributed by atoms with van der Waals surface area (Å²) in [4.78, 5) is 12.0. The number of halogens is 2. The van der Waals surface area contributed by atoms with Gasteiger partial charge in [0.1, 0.15) is 0 Å². The van der Waals surface area contributed by atoms with E-state index >= 15 is 0 Å². The Kier molecular flexibility index (Phi) is 5.69. The molecule has 0 fully saturated rings. The van der Waals surface area contributed by atoms with E-state index in [1.807, 2.05) is 44.2 Å². The topological polar surface area (TPSA) is 41.1 Å². The summed E-state index contributed by atoms with van der Waals surface area (Å²) in [5, 5.41) is 7.20. The molecule has 2 N–H and O–H groups in total. The molecule has 0 aliphatic heterocycles. The van der Waals surface area contributed by atoms with Gasteiger partial charge in [0.05, 0.1) is 21.4 Å². The van der Waals surface area contributed by atoms with E-state index in [9.17, 15) is 4.79 Å². The second kappa shape index (κ2) is 7.52. The summed E-state index contributed by atoms with van der Waals surface area (Å²) in [6, 6.07) is 11.3. The fourth-order valence-corrected chi connectivity index (χ4v) is 2.76. The van der Waals surface area contributed by atoms with E-state index < -0.39 is 0 Å². The monoisotopic (exact) mass is 336 g/mol. The van der Waals surface area contributed by atoms with E-state index in [4.69, 9.17) is 23.2 Å². The molecule has 0 heterocycles. The Hall–Kier alpha value is -1.71. The number of carbonyl (C=O) groups is 1. The van der Waals surface area contributed by atoms with Crippen LogP contribution in [0.2, 0.25) is 10.0 Å². The van der Waals surface area contributed by atoms with E-state index in [0.29, 0.717) is 28.7 Å². The lowest BCUT2D eigenvalue weighted by Crippen LogP contribution is -2.17. The standard InChI is InChI=1S/C17H18Cl2N2O/c1-11-9-12(2)17(14(19)10-11)21-16(22)7-8-20-15-6-4-3-5-13(15)18/h3-6,9-10,20H,7-8H2,1-2H3,(H,21,22). The first-order valence-corrected chi connectivity index (χ1v) is 7.78. The molecule has 0 unspecified atom stereocenters. The number of hydrogen-bond acceptors (Lipinski definition) is 2. The van der Waals surface area contributed by atoms with Crippen molar-refractivity contribution in [1.29, 1.82) is 0 Å². The maximum Gasteiger partial charge on any atom is 0.226 e. The fourth-order valence-electron chi connectivity index (χ4n) is 2.19. The van der Waals surface area contributed by atoms with Crippen LogP contribution in [-0.2, 0) is 4.79 Å². The van der Waals surface area contributed by atoms with Gasteiger partial charge < -0.3 is 10.6 Å². The van der Waals surface area contributed by atoms with Crippen molar-refractivity contribution < 1.29 is 4.79 Å². The molecule has 0 spiro atoms. The summed E-state index contributed by atoms with van der Waals surface area (Å²) in [5.41, 5.74) is 3.52. The van der Waals surface area contributed by atoms with Gasteiger partial charge in [-0.2, -0.15) is 0 Å². The van der Waals surface area contributed by atoms with Gasteiger partial charge in [-0.05, 0) is 43.2 Å². The van der Waals surface area contributed by atoms with Gasteiger partial charge >= 0.3 is 0 Å². The zero-order valence-corrected chi connectivity index (χ0v) is 14.1. The van der Waals surface area contributed by atoms with E-state index in [2.05, 4.69) is 10.6 Å². The van der Waals surface area contributed by atoms with Gasteiger partial charge in [-0.15, -0.1) is 0 Å². The quantitative estimate of drug-likeness (QED) is 0.801. The predicted molar refractivity (Wildman–Crippen MR) is 94.1 cm³/mol. The van der Waals surface area contributed by atoms with Crippen LogP contribution in [0.5, 0.6) is 0 Å². The first-order valence-electron chi connectivity index (χ1n) is 7.02. The van der Waals surface area contributed by atoms with Gasteiger partial charge in [0.15, 0.2) is 0 Å². The number of nitrogens with one attached hydrogen (secondary N) is 2. The van der Waals surface area contributed by atoms with Crippen molar-refractivity contribution in [2.45, 2.75) is 20.3 Å². The Labute approximate surface area is 140 Å². The number of hydrogen-bond donors (Lipinski definition) is 2. The number of amides is 1. The SMILES string of the molecule is Cc1cc(C)c(NC(=O)CCNc2ccccc2Cl)c(Cl)c1. The molecule has 3 nitrogen and oxygen atoms in total. The second-order valence-corrected chi connectivity index (χ2v) is 5.96. The average molecular weight is 337 g/mol. The summed E-state index contributed by atoms with van der Waals surface area (Å²) in [6.45, 7) is 4.40. The number of benzene rings is 2. The maximum atomic E-state index is 12.0. The number of aryl methyl sites for hydroxylation is 2. The average Bonchev–Trinajstić information content (AvgIpc) is 2.45. The number of carbonyl (C=O) groups excluding carboxylic acids is 1. The molecule has 2 aromatic carbocycles. The molecule has 0 saturated carbocycles. The van der Waals surface area contributed by atoms with Crippen LogP contribution in [-0.4, -0.2) is 12.5 Å². The highest BCUT2D eigenvalue weighted by molar-refractivity contribution is 6.34. The van der Waals surface area contributed by atoms with Crippen molar-refractivity contribution in [3.8, 4) is 0 Å². The van der Waals surface area contributed by atoms with Crippen LogP contribution in [0, 0.1) is 13.8 Å². The molecule has 2 aromatic rings. The molecule has 22 heavy (non-hydrogen) atoms. The van der Waals surface area contributed by atoms with E-state index in [1.54, 1.807) is 6.07 Å². The molecular weight excluding hydrogens is 319 g/mol. The van der Waals surface area contributed by atoms with Crippen molar-refractivity contribution in [3.63, 3.8) is 0 Å². The summed E-state index contributed by atoms with van der Waals surface area (Å²) >= 11 is 12.2. The van der Waals surface area contributed by atoms with Gasteiger partial charge in [-0.1, -0.05) is 41.4 Å². The van der Waals surface area contributed by atoms with Gasteiger partial charge in [-0.3, -0.25) is 4.79 Å². The summed E-state index contributed by atoms with van der Waals surface area (Å²) in [7, 11) is 0. The van der Waals surface area contributed by atoms with Crippen LogP contribution in [0.15, 0.2) is 36.4 Å². The molecule has 0 atom stereocenters. The first-order chi connectivity index (χ1) is 10.5. The summed E-state index contributed by atoms with van der Waals surface area (Å²) in [6.07, 6.45) is 0.328. The lowest BCUT2D eigenvalue weighted by molar-refractivity contribution is -0.115. The molecule has 116 valence electrons. The summed E-state index contributed by atoms with van der Waals surface area (Å²) < 4.78 is 0. The molecule has 0 aliphatic carbocycles. The Bertz CT molecular complexity index is 663. The van der Waals surface area contributed by atoms with Gasteiger partial charge in [0.2, 0.25) is 5.91 Å². The molecule has 5 heteroatoms. The smallest absolute Gasteiger partial charge is 0.226 e. The van der Waals surface area contributed by atoms with E-state index in [0.717, 1.165) is 16.8 Å². The highest BCUT2D eigenvalue weighted by Crippen LogP contribution is 2.27. The van der Waals surface area contributed by atoms with Crippen molar-refractivity contribution in [1.82, 2.24) is 0 Å². The van der Waals surface area contributed by atoms with Crippen LogP contribution in [0.1, 0.15) is 17.5 Å². The Balaban J connectivity index is 1.90.